The highest BCUT2D eigenvalue weighted by molar-refractivity contribution is 7.85. The fourth-order valence-corrected chi connectivity index (χ4v) is 16.0. The zero-order valence-electron chi connectivity index (χ0n) is 37.0. The summed E-state index contributed by atoms with van der Waals surface area (Å²) in [7, 11) is 0.771. The average molecular weight is 832 g/mol. The van der Waals surface area contributed by atoms with Crippen molar-refractivity contribution in [3.05, 3.63) is 41.0 Å². The summed E-state index contributed by atoms with van der Waals surface area (Å²) in [6, 6.07) is 7.80. The van der Waals surface area contributed by atoms with Gasteiger partial charge in [-0.1, -0.05) is 47.1 Å². The van der Waals surface area contributed by atoms with Crippen LogP contribution in [0.1, 0.15) is 129 Å². The minimum Gasteiger partial charge on any atom is -0.481 e. The molecule has 1 saturated heterocycles. The highest BCUT2D eigenvalue weighted by Gasteiger charge is 2.64. The van der Waals surface area contributed by atoms with E-state index < -0.39 is 16.8 Å². The van der Waals surface area contributed by atoms with E-state index in [1.807, 2.05) is 31.2 Å². The zero-order valence-corrected chi connectivity index (χ0v) is 37.8. The number of nitrogens with zero attached hydrogens (tertiary/aromatic N) is 1. The number of hydrogen-bond acceptors (Lipinski definition) is 7. The minimum atomic E-state index is -0.759. The van der Waals surface area contributed by atoms with E-state index in [1.165, 1.54) is 38.3 Å². The molecule has 9 nitrogen and oxygen atoms in total. The Balaban J connectivity index is 0.00000260. The second-order valence-electron chi connectivity index (χ2n) is 20.8. The summed E-state index contributed by atoms with van der Waals surface area (Å²) >= 11 is 0. The lowest BCUT2D eigenvalue weighted by atomic mass is 9.37. The van der Waals surface area contributed by atoms with E-state index in [9.17, 15) is 28.5 Å². The van der Waals surface area contributed by atoms with Crippen LogP contribution >= 0.6 is 0 Å². The molecule has 1 heterocycles. The second kappa shape index (κ2) is 17.1. The number of amides is 1. The van der Waals surface area contributed by atoms with Crippen molar-refractivity contribution >= 4 is 39.9 Å². The Morgan fingerprint density at radius 3 is 2.19 bits per heavy atom. The number of ketones is 2. The Kier molecular flexibility index (Phi) is 12.8. The number of aliphatic carboxylic acids is 1. The maximum absolute atomic E-state index is 14.0. The molecule has 7 aliphatic rings. The summed E-state index contributed by atoms with van der Waals surface area (Å²) < 4.78 is 11.8. The molecule has 0 radical (unpaired) electrons. The van der Waals surface area contributed by atoms with Gasteiger partial charge in [0.25, 0.3) is 5.91 Å². The van der Waals surface area contributed by atoms with Crippen LogP contribution in [0.3, 0.4) is 0 Å². The van der Waals surface area contributed by atoms with Gasteiger partial charge in [-0.25, -0.2) is 0 Å². The molecule has 1 aliphatic heterocycles. The Morgan fingerprint density at radius 1 is 0.898 bits per heavy atom. The topological polar surface area (TPSA) is 147 Å². The number of carboxylic acids is 1. The third kappa shape index (κ3) is 7.71. The van der Waals surface area contributed by atoms with Crippen molar-refractivity contribution in [1.82, 2.24) is 5.32 Å². The summed E-state index contributed by atoms with van der Waals surface area (Å²) in [5.74, 6) is 3.95. The van der Waals surface area contributed by atoms with Gasteiger partial charge in [0.2, 0.25) is 0 Å². The molecule has 4 N–H and O–H groups in total. The smallest absolute Gasteiger partial charge is 0.306 e. The standard InChI is InChI=1S/C48H68N2O6S.CH5N/c1-28(2)42-40(52)27-48(19-20-49-44(53)31-7-9-33(10-8-31)50-21-23-57(56)24-22-50)18-15-38-34(43(42)48)11-12-41-46(5)16-13-32(29(3)37(46)14-17-47(38,41)6)25-39(51)35-26-36(30(35)4)45(54)55;1-2/h7-10,28-30,32,34-38,41H,11-27H2,1-6H3,(H,49,53)(H,54,55);2H2,1H3. The predicted molar refractivity (Wildman–Crippen MR) is 235 cm³/mol. The number of nitrogens with one attached hydrogen (secondary N) is 1. The van der Waals surface area contributed by atoms with Gasteiger partial charge in [-0.3, -0.25) is 23.4 Å². The van der Waals surface area contributed by atoms with Crippen LogP contribution < -0.4 is 16.0 Å². The van der Waals surface area contributed by atoms with Gasteiger partial charge in [0.1, 0.15) is 5.78 Å². The van der Waals surface area contributed by atoms with E-state index in [0.717, 1.165) is 56.5 Å². The molecule has 1 aromatic carbocycles. The van der Waals surface area contributed by atoms with E-state index in [2.05, 4.69) is 50.6 Å². The third-order valence-electron chi connectivity index (χ3n) is 18.0. The number of carboxylic acid groups (broad SMARTS) is 1. The highest BCUT2D eigenvalue weighted by atomic mass is 32.2. The van der Waals surface area contributed by atoms with E-state index in [-0.39, 0.29) is 45.8 Å². The predicted octanol–water partition coefficient (Wildman–Crippen LogP) is 8.08. The molecule has 0 spiro atoms. The van der Waals surface area contributed by atoms with Crippen LogP contribution in [0.4, 0.5) is 5.69 Å². The van der Waals surface area contributed by atoms with Gasteiger partial charge in [0.05, 0.1) is 5.92 Å². The number of carbonyl (C=O) groups is 4. The molecule has 5 saturated carbocycles. The van der Waals surface area contributed by atoms with Gasteiger partial charge in [-0.2, -0.15) is 0 Å². The molecule has 1 amide bonds. The molecule has 12 unspecified atom stereocenters. The number of rotatable bonds is 10. The minimum absolute atomic E-state index is 0.0524. The van der Waals surface area contributed by atoms with E-state index in [0.29, 0.717) is 90.0 Å². The summed E-state index contributed by atoms with van der Waals surface area (Å²) in [6.45, 7) is 16.1. The second-order valence-corrected chi connectivity index (χ2v) is 22.5. The number of nitrogens with two attached hydrogens (primary N) is 1. The van der Waals surface area contributed by atoms with Crippen LogP contribution in [0, 0.1) is 75.4 Å². The molecule has 12 atom stereocenters. The van der Waals surface area contributed by atoms with Crippen molar-refractivity contribution < 1.29 is 28.5 Å². The lowest BCUT2D eigenvalue weighted by Crippen LogP contribution is -2.60. The average Bonchev–Trinajstić information content (AvgIpc) is 3.51. The van der Waals surface area contributed by atoms with Gasteiger partial charge in [-0.05, 0) is 159 Å². The summed E-state index contributed by atoms with van der Waals surface area (Å²) in [5, 5.41) is 12.7. The first-order valence-electron chi connectivity index (χ1n) is 23.2. The van der Waals surface area contributed by atoms with Crippen molar-refractivity contribution in [1.29, 1.82) is 0 Å². The van der Waals surface area contributed by atoms with Crippen molar-refractivity contribution in [2.45, 2.75) is 119 Å². The van der Waals surface area contributed by atoms with E-state index in [1.54, 1.807) is 0 Å². The lowest BCUT2D eigenvalue weighted by molar-refractivity contribution is -0.172. The lowest BCUT2D eigenvalue weighted by Gasteiger charge is -2.67. The molecule has 10 heteroatoms. The maximum atomic E-state index is 14.0. The fraction of sp³-hybridized carbons (Fsp3) is 0.755. The first-order valence-corrected chi connectivity index (χ1v) is 24.7. The summed E-state index contributed by atoms with van der Waals surface area (Å²) in [5.41, 5.74) is 9.06. The molecule has 0 bridgehead atoms. The van der Waals surface area contributed by atoms with Crippen LogP contribution in [0.15, 0.2) is 35.4 Å². The van der Waals surface area contributed by atoms with Crippen molar-refractivity contribution in [3.8, 4) is 0 Å². The summed E-state index contributed by atoms with van der Waals surface area (Å²) in [6.07, 6.45) is 11.7. The number of fused-ring (bicyclic) bond motifs is 7. The van der Waals surface area contributed by atoms with Crippen LogP contribution in [0.2, 0.25) is 0 Å². The number of hydrogen-bond donors (Lipinski definition) is 3. The molecule has 6 aliphatic carbocycles. The Labute approximate surface area is 356 Å². The molecule has 8 rings (SSSR count). The van der Waals surface area contributed by atoms with Gasteiger partial charge in [0, 0.05) is 77.4 Å². The molecule has 0 aromatic heterocycles. The SMILES string of the molecule is CC(C)C1=C2C3CCC4C(C)(CCC5C(C)C(CC(=O)C6CC(C(=O)O)C6C)CCC54C)C3CCC2(CCNC(=O)c2ccc(N3CCS(=O)CC3)cc2)CC1=O.CN. The largest absolute Gasteiger partial charge is 0.481 e. The van der Waals surface area contributed by atoms with Gasteiger partial charge >= 0.3 is 5.97 Å². The van der Waals surface area contributed by atoms with Crippen molar-refractivity contribution in [2.75, 3.05) is 43.1 Å². The maximum Gasteiger partial charge on any atom is 0.306 e. The van der Waals surface area contributed by atoms with E-state index >= 15 is 0 Å². The Bertz CT molecular complexity index is 1830. The Morgan fingerprint density at radius 2 is 1.54 bits per heavy atom. The van der Waals surface area contributed by atoms with Crippen molar-refractivity contribution in [3.63, 3.8) is 0 Å². The molecule has 59 heavy (non-hydrogen) atoms. The van der Waals surface area contributed by atoms with E-state index in [4.69, 9.17) is 0 Å². The first-order chi connectivity index (χ1) is 28.1. The first kappa shape index (κ1) is 44.2. The monoisotopic (exact) mass is 832 g/mol. The normalized spacial score (nSPS) is 39.2. The highest BCUT2D eigenvalue weighted by Crippen LogP contribution is 2.72. The van der Waals surface area contributed by atoms with Crippen LogP contribution in [0.25, 0.3) is 0 Å². The molecule has 326 valence electrons. The number of benzene rings is 1. The van der Waals surface area contributed by atoms with Gasteiger partial charge < -0.3 is 21.1 Å². The van der Waals surface area contributed by atoms with Crippen LogP contribution in [-0.2, 0) is 25.2 Å². The quantitative estimate of drug-likeness (QED) is 0.215. The zero-order chi connectivity index (χ0) is 42.6. The van der Waals surface area contributed by atoms with Crippen LogP contribution in [-0.4, -0.2) is 70.9 Å². The van der Waals surface area contributed by atoms with Gasteiger partial charge in [0.15, 0.2) is 5.78 Å². The molecular formula is C49H73N3O6S. The number of anilines is 1. The van der Waals surface area contributed by atoms with Crippen LogP contribution in [0.5, 0.6) is 0 Å². The third-order valence-corrected chi connectivity index (χ3v) is 19.3. The number of allylic oxidation sites excluding steroid dienone is 2. The number of carbonyl (C=O) groups excluding carboxylic acids is 3. The fourth-order valence-electron chi connectivity index (χ4n) is 14.9. The summed E-state index contributed by atoms with van der Waals surface area (Å²) in [4.78, 5) is 54.7. The Hall–Kier alpha value is -2.85. The number of Topliss-reactive ketones (excluding diaryl/α,β-unsaturated/α-hetero) is 2. The van der Waals surface area contributed by atoms with Gasteiger partial charge in [-0.15, -0.1) is 0 Å². The molecule has 6 fully saturated rings. The molecular weight excluding hydrogens is 759 g/mol. The molecule has 1 aromatic rings. The van der Waals surface area contributed by atoms with Crippen molar-refractivity contribution in [2.24, 2.45) is 81.2 Å².